The number of thioether (sulfide) groups is 1. The number of hydrogen-bond donors (Lipinski definition) is 0. The van der Waals surface area contributed by atoms with Gasteiger partial charge in [-0.15, -0.1) is 0 Å². The summed E-state index contributed by atoms with van der Waals surface area (Å²) in [7, 11) is 1.66. The fraction of sp³-hybridized carbons (Fsp3) is 0.343. The van der Waals surface area contributed by atoms with Crippen LogP contribution < -0.4 is 9.47 Å². The molecular weight excluding hydrogens is 542 g/mol. The van der Waals surface area contributed by atoms with Gasteiger partial charge in [-0.25, -0.2) is 9.97 Å². The molecule has 3 aromatic carbocycles. The van der Waals surface area contributed by atoms with E-state index in [-0.39, 0.29) is 24.1 Å². The summed E-state index contributed by atoms with van der Waals surface area (Å²) >= 11 is 1.59. The van der Waals surface area contributed by atoms with Gasteiger partial charge in [-0.2, -0.15) is 0 Å². The van der Waals surface area contributed by atoms with Crippen molar-refractivity contribution in [3.8, 4) is 22.8 Å². The molecule has 4 aromatic rings. The number of para-hydroxylation sites is 1. The van der Waals surface area contributed by atoms with Gasteiger partial charge in [-0.3, -0.25) is 4.79 Å². The number of nitrogens with zero attached hydrogens (tertiary/aromatic N) is 3. The number of carbonyl (C=O) groups is 1. The summed E-state index contributed by atoms with van der Waals surface area (Å²) in [6, 6.07) is 26.6. The number of benzene rings is 3. The highest BCUT2D eigenvalue weighted by atomic mass is 32.2. The van der Waals surface area contributed by atoms with Crippen LogP contribution in [0.3, 0.4) is 0 Å². The Balaban J connectivity index is 1.06. The lowest BCUT2D eigenvalue weighted by molar-refractivity contribution is 0.0356. The summed E-state index contributed by atoms with van der Waals surface area (Å²) in [5.41, 5.74) is 5.03. The highest BCUT2D eigenvalue weighted by molar-refractivity contribution is 7.98. The summed E-state index contributed by atoms with van der Waals surface area (Å²) < 4.78 is 11.8. The van der Waals surface area contributed by atoms with Crippen molar-refractivity contribution in [2.45, 2.75) is 74.5 Å². The predicted molar refractivity (Wildman–Crippen MR) is 167 cm³/mol. The van der Waals surface area contributed by atoms with Crippen LogP contribution in [0.25, 0.3) is 11.3 Å². The second-order valence-electron chi connectivity index (χ2n) is 11.4. The number of ether oxygens (including phenoxy) is 2. The average molecular weight is 580 g/mol. The summed E-state index contributed by atoms with van der Waals surface area (Å²) in [6.45, 7) is 4.40. The van der Waals surface area contributed by atoms with Crippen LogP contribution in [-0.2, 0) is 5.75 Å². The Morgan fingerprint density at radius 2 is 1.67 bits per heavy atom. The molecule has 0 radical (unpaired) electrons. The standard InChI is InChI=1S/C35H37N3O3S/c1-23(2)31-6-4-5-7-33(31)41-30-20-27-14-15-28(21-30)38(27)34(39)26-10-8-24(9-11-26)22-42-35-36-19-18-32(37-35)25-12-16-29(40-3)17-13-25/h4-13,16-19,23,27-28,30H,14-15,20-22H2,1-3H3. The van der Waals surface area contributed by atoms with Crippen LogP contribution >= 0.6 is 11.8 Å². The molecule has 3 heterocycles. The molecule has 7 heteroatoms. The third kappa shape index (κ3) is 6.16. The van der Waals surface area contributed by atoms with E-state index in [1.54, 1.807) is 25.1 Å². The maximum Gasteiger partial charge on any atom is 0.254 e. The quantitative estimate of drug-likeness (QED) is 0.149. The molecule has 0 N–H and O–H groups in total. The van der Waals surface area contributed by atoms with Gasteiger partial charge in [0, 0.05) is 48.0 Å². The minimum absolute atomic E-state index is 0.137. The van der Waals surface area contributed by atoms with Gasteiger partial charge in [0.2, 0.25) is 0 Å². The van der Waals surface area contributed by atoms with E-state index in [9.17, 15) is 4.79 Å². The number of fused-ring (bicyclic) bond motifs is 2. The summed E-state index contributed by atoms with van der Waals surface area (Å²) in [4.78, 5) is 24.9. The van der Waals surface area contributed by atoms with Crippen molar-refractivity contribution in [3.63, 3.8) is 0 Å². The number of piperidine rings is 1. The van der Waals surface area contributed by atoms with Crippen LogP contribution in [0.15, 0.2) is 90.2 Å². The molecule has 2 saturated heterocycles. The molecule has 42 heavy (non-hydrogen) atoms. The Morgan fingerprint density at radius 3 is 2.36 bits per heavy atom. The first-order valence-corrected chi connectivity index (χ1v) is 15.7. The van der Waals surface area contributed by atoms with Crippen molar-refractivity contribution in [1.29, 1.82) is 0 Å². The fourth-order valence-corrected chi connectivity index (χ4v) is 6.96. The number of carbonyl (C=O) groups excluding carboxylic acids is 1. The van der Waals surface area contributed by atoms with E-state index in [1.807, 2.05) is 60.7 Å². The Labute approximate surface area is 252 Å². The summed E-state index contributed by atoms with van der Waals surface area (Å²) in [5.74, 6) is 3.09. The van der Waals surface area contributed by atoms with Crippen molar-refractivity contribution in [2.24, 2.45) is 0 Å². The lowest BCUT2D eigenvalue weighted by atomic mass is 9.97. The summed E-state index contributed by atoms with van der Waals surface area (Å²) in [5, 5.41) is 0.723. The zero-order valence-corrected chi connectivity index (χ0v) is 25.2. The first kappa shape index (κ1) is 28.3. The second-order valence-corrected chi connectivity index (χ2v) is 12.4. The maximum atomic E-state index is 13.6. The van der Waals surface area contributed by atoms with E-state index < -0.39 is 0 Å². The fourth-order valence-electron chi connectivity index (χ4n) is 6.17. The minimum Gasteiger partial charge on any atom is -0.497 e. The Morgan fingerprint density at radius 1 is 0.952 bits per heavy atom. The van der Waals surface area contributed by atoms with Crippen molar-refractivity contribution < 1.29 is 14.3 Å². The van der Waals surface area contributed by atoms with Gasteiger partial charge < -0.3 is 14.4 Å². The van der Waals surface area contributed by atoms with E-state index >= 15 is 0 Å². The molecule has 2 fully saturated rings. The highest BCUT2D eigenvalue weighted by Gasteiger charge is 2.44. The van der Waals surface area contributed by atoms with Gasteiger partial charge in [-0.1, -0.05) is 55.9 Å². The number of hydrogen-bond acceptors (Lipinski definition) is 6. The van der Waals surface area contributed by atoms with E-state index in [1.165, 1.54) is 5.56 Å². The Kier molecular flexibility index (Phi) is 8.47. The molecule has 6 nitrogen and oxygen atoms in total. The molecule has 2 bridgehead atoms. The van der Waals surface area contributed by atoms with Gasteiger partial charge in [0.1, 0.15) is 17.6 Å². The van der Waals surface area contributed by atoms with Gasteiger partial charge in [0.05, 0.1) is 12.8 Å². The maximum absolute atomic E-state index is 13.6. The van der Waals surface area contributed by atoms with Crippen molar-refractivity contribution in [3.05, 3.63) is 102 Å². The van der Waals surface area contributed by atoms with Crippen molar-refractivity contribution in [1.82, 2.24) is 14.9 Å². The van der Waals surface area contributed by atoms with Gasteiger partial charge in [-0.05, 0) is 78.4 Å². The predicted octanol–water partition coefficient (Wildman–Crippen LogP) is 7.78. The third-order valence-electron chi connectivity index (χ3n) is 8.35. The molecule has 2 aliphatic rings. The lowest BCUT2D eigenvalue weighted by Crippen LogP contribution is -2.49. The molecule has 1 aromatic heterocycles. The van der Waals surface area contributed by atoms with Gasteiger partial charge in [0.25, 0.3) is 5.91 Å². The molecule has 0 saturated carbocycles. The van der Waals surface area contributed by atoms with Crippen LogP contribution in [0, 0.1) is 0 Å². The Hall–Kier alpha value is -3.84. The first-order valence-electron chi connectivity index (χ1n) is 14.8. The molecule has 216 valence electrons. The normalized spacial score (nSPS) is 19.6. The minimum atomic E-state index is 0.137. The topological polar surface area (TPSA) is 64.5 Å². The van der Waals surface area contributed by atoms with Gasteiger partial charge >= 0.3 is 0 Å². The number of aromatic nitrogens is 2. The van der Waals surface area contributed by atoms with Crippen LogP contribution in [0.5, 0.6) is 11.5 Å². The molecule has 6 rings (SSSR count). The number of amides is 1. The van der Waals surface area contributed by atoms with Gasteiger partial charge in [0.15, 0.2) is 5.16 Å². The molecular formula is C35H37N3O3S. The molecule has 2 aliphatic heterocycles. The zero-order chi connectivity index (χ0) is 29.1. The van der Waals surface area contributed by atoms with Crippen molar-refractivity contribution in [2.75, 3.05) is 7.11 Å². The van der Waals surface area contributed by atoms with Crippen LogP contribution in [0.4, 0.5) is 0 Å². The zero-order valence-electron chi connectivity index (χ0n) is 24.4. The number of methoxy groups -OCH3 is 1. The van der Waals surface area contributed by atoms with E-state index in [2.05, 4.69) is 41.9 Å². The van der Waals surface area contributed by atoms with Crippen molar-refractivity contribution >= 4 is 17.7 Å². The molecule has 2 atom stereocenters. The lowest BCUT2D eigenvalue weighted by Gasteiger charge is -2.39. The molecule has 0 aliphatic carbocycles. The summed E-state index contributed by atoms with van der Waals surface area (Å²) in [6.07, 6.45) is 5.82. The first-order chi connectivity index (χ1) is 20.5. The van der Waals surface area contributed by atoms with Crippen LogP contribution in [0.2, 0.25) is 0 Å². The van der Waals surface area contributed by atoms with Crippen LogP contribution in [0.1, 0.15) is 66.9 Å². The van der Waals surface area contributed by atoms with E-state index in [0.717, 1.165) is 70.5 Å². The molecule has 1 amide bonds. The smallest absolute Gasteiger partial charge is 0.254 e. The monoisotopic (exact) mass is 579 g/mol. The Bertz CT molecular complexity index is 1510. The number of rotatable bonds is 9. The van der Waals surface area contributed by atoms with Crippen LogP contribution in [-0.4, -0.2) is 46.1 Å². The third-order valence-corrected chi connectivity index (χ3v) is 9.28. The molecule has 0 spiro atoms. The average Bonchev–Trinajstić information content (AvgIpc) is 3.30. The molecule has 2 unspecified atom stereocenters. The highest BCUT2D eigenvalue weighted by Crippen LogP contribution is 2.39. The van der Waals surface area contributed by atoms with E-state index in [0.29, 0.717) is 5.92 Å². The SMILES string of the molecule is COc1ccc(-c2ccnc(SCc3ccc(C(=O)N4C5CCC4CC(Oc4ccccc4C(C)C)C5)cc3)n2)cc1. The second kappa shape index (κ2) is 12.6. The largest absolute Gasteiger partial charge is 0.497 e. The van der Waals surface area contributed by atoms with E-state index in [4.69, 9.17) is 14.5 Å².